The van der Waals surface area contributed by atoms with Crippen molar-refractivity contribution < 1.29 is 4.79 Å². The van der Waals surface area contributed by atoms with Gasteiger partial charge in [0, 0.05) is 12.1 Å². The van der Waals surface area contributed by atoms with Crippen LogP contribution in [0.15, 0.2) is 0 Å². The third-order valence-electron chi connectivity index (χ3n) is 3.12. The van der Waals surface area contributed by atoms with Crippen molar-refractivity contribution in [2.24, 2.45) is 5.92 Å². The number of nitrogens with one attached hydrogen (secondary N) is 2. The molecule has 0 aromatic rings. The Morgan fingerprint density at radius 3 is 2.38 bits per heavy atom. The summed E-state index contributed by atoms with van der Waals surface area (Å²) in [5.41, 5.74) is 0. The van der Waals surface area contributed by atoms with E-state index in [0.717, 1.165) is 12.3 Å². The lowest BCUT2D eigenvalue weighted by molar-refractivity contribution is -0.123. The predicted molar refractivity (Wildman–Crippen MR) is 67.3 cm³/mol. The van der Waals surface area contributed by atoms with Gasteiger partial charge in [0.2, 0.25) is 5.91 Å². The van der Waals surface area contributed by atoms with E-state index < -0.39 is 0 Å². The van der Waals surface area contributed by atoms with Gasteiger partial charge in [-0.2, -0.15) is 0 Å². The Morgan fingerprint density at radius 1 is 1.31 bits per heavy atom. The third kappa shape index (κ3) is 4.97. The minimum absolute atomic E-state index is 0.0777. The molecule has 2 atom stereocenters. The van der Waals surface area contributed by atoms with Crippen molar-refractivity contribution in [1.82, 2.24) is 10.6 Å². The molecule has 3 heteroatoms. The Kier molecular flexibility index (Phi) is 5.26. The van der Waals surface area contributed by atoms with Crippen LogP contribution < -0.4 is 10.6 Å². The fourth-order valence-electron chi connectivity index (χ4n) is 1.95. The van der Waals surface area contributed by atoms with Gasteiger partial charge in [0.05, 0.1) is 6.04 Å². The molecule has 0 heterocycles. The number of rotatable bonds is 7. The van der Waals surface area contributed by atoms with E-state index >= 15 is 0 Å². The van der Waals surface area contributed by atoms with Crippen LogP contribution in [0.3, 0.4) is 0 Å². The quantitative estimate of drug-likeness (QED) is 0.698. The number of carbonyl (C=O) groups excluding carboxylic acids is 1. The van der Waals surface area contributed by atoms with E-state index in [-0.39, 0.29) is 18.0 Å². The highest BCUT2D eigenvalue weighted by Crippen LogP contribution is 2.34. The van der Waals surface area contributed by atoms with E-state index in [0.29, 0.717) is 6.04 Å². The second-order valence-corrected chi connectivity index (χ2v) is 5.34. The van der Waals surface area contributed by atoms with E-state index in [2.05, 4.69) is 17.6 Å². The molecule has 1 rings (SSSR count). The molecule has 1 amide bonds. The average Bonchev–Trinajstić information content (AvgIpc) is 2.99. The van der Waals surface area contributed by atoms with Crippen LogP contribution >= 0.6 is 0 Å². The van der Waals surface area contributed by atoms with Gasteiger partial charge >= 0.3 is 0 Å². The zero-order valence-corrected chi connectivity index (χ0v) is 11.0. The lowest BCUT2D eigenvalue weighted by Gasteiger charge is -2.22. The van der Waals surface area contributed by atoms with Crippen molar-refractivity contribution in [2.45, 2.75) is 71.5 Å². The fourth-order valence-corrected chi connectivity index (χ4v) is 1.95. The molecule has 1 saturated carbocycles. The van der Waals surface area contributed by atoms with E-state index in [9.17, 15) is 4.79 Å². The van der Waals surface area contributed by atoms with Crippen LogP contribution in [0.4, 0.5) is 0 Å². The molecular formula is C13H26N2O. The van der Waals surface area contributed by atoms with Crippen LogP contribution in [0.1, 0.15) is 53.4 Å². The van der Waals surface area contributed by atoms with Crippen LogP contribution in [0, 0.1) is 5.92 Å². The monoisotopic (exact) mass is 226 g/mol. The maximum Gasteiger partial charge on any atom is 0.237 e. The summed E-state index contributed by atoms with van der Waals surface area (Å²) >= 11 is 0. The van der Waals surface area contributed by atoms with E-state index in [4.69, 9.17) is 0 Å². The first-order valence-electron chi connectivity index (χ1n) is 6.59. The molecule has 0 aromatic carbocycles. The molecule has 0 spiro atoms. The van der Waals surface area contributed by atoms with Gasteiger partial charge < -0.3 is 10.6 Å². The summed E-state index contributed by atoms with van der Waals surface area (Å²) in [6, 6.07) is 0.645. The molecular weight excluding hydrogens is 200 g/mol. The highest BCUT2D eigenvalue weighted by atomic mass is 16.2. The van der Waals surface area contributed by atoms with Gasteiger partial charge in [-0.3, -0.25) is 4.79 Å². The second kappa shape index (κ2) is 6.24. The third-order valence-corrected chi connectivity index (χ3v) is 3.12. The largest absolute Gasteiger partial charge is 0.353 e. The molecule has 0 bridgehead atoms. The topological polar surface area (TPSA) is 41.1 Å². The smallest absolute Gasteiger partial charge is 0.237 e. The average molecular weight is 226 g/mol. The zero-order valence-electron chi connectivity index (χ0n) is 11.0. The standard InChI is InChI=1S/C13H26N2O/c1-5-12(8-11-6-7-11)15-10(4)13(16)14-9(2)3/h9-12,15H,5-8H2,1-4H3,(H,14,16). The van der Waals surface area contributed by atoms with Crippen molar-refractivity contribution in [2.75, 3.05) is 0 Å². The predicted octanol–water partition coefficient (Wildman–Crippen LogP) is 2.07. The summed E-state index contributed by atoms with van der Waals surface area (Å²) in [6.07, 6.45) is 5.10. The first-order chi connectivity index (χ1) is 7.52. The lowest BCUT2D eigenvalue weighted by Crippen LogP contribution is -2.48. The zero-order chi connectivity index (χ0) is 12.1. The summed E-state index contributed by atoms with van der Waals surface area (Å²) in [5, 5.41) is 6.37. The van der Waals surface area contributed by atoms with Gasteiger partial charge in [-0.15, -0.1) is 0 Å². The number of amides is 1. The van der Waals surface area contributed by atoms with Gasteiger partial charge in [-0.05, 0) is 39.5 Å². The van der Waals surface area contributed by atoms with Crippen LogP contribution in [-0.2, 0) is 4.79 Å². The van der Waals surface area contributed by atoms with Crippen LogP contribution in [0.5, 0.6) is 0 Å². The number of hydrogen-bond acceptors (Lipinski definition) is 2. The van der Waals surface area contributed by atoms with E-state index in [1.165, 1.54) is 19.3 Å². The Labute approximate surface area is 99.4 Å². The molecule has 1 aliphatic rings. The molecule has 1 aliphatic carbocycles. The first kappa shape index (κ1) is 13.5. The fraction of sp³-hybridized carbons (Fsp3) is 0.923. The Hall–Kier alpha value is -0.570. The molecule has 0 radical (unpaired) electrons. The van der Waals surface area contributed by atoms with Crippen molar-refractivity contribution in [3.8, 4) is 0 Å². The molecule has 0 saturated heterocycles. The molecule has 16 heavy (non-hydrogen) atoms. The van der Waals surface area contributed by atoms with Gasteiger partial charge in [0.1, 0.15) is 0 Å². The van der Waals surface area contributed by atoms with Crippen molar-refractivity contribution in [3.05, 3.63) is 0 Å². The summed E-state index contributed by atoms with van der Waals surface area (Å²) in [4.78, 5) is 11.7. The van der Waals surface area contributed by atoms with Gasteiger partial charge in [0.25, 0.3) is 0 Å². The van der Waals surface area contributed by atoms with Gasteiger partial charge in [-0.1, -0.05) is 19.8 Å². The summed E-state index contributed by atoms with van der Waals surface area (Å²) in [5.74, 6) is 1.03. The van der Waals surface area contributed by atoms with Gasteiger partial charge in [-0.25, -0.2) is 0 Å². The Morgan fingerprint density at radius 2 is 1.94 bits per heavy atom. The van der Waals surface area contributed by atoms with Crippen molar-refractivity contribution in [3.63, 3.8) is 0 Å². The SMILES string of the molecule is CCC(CC1CC1)NC(C)C(=O)NC(C)C. The first-order valence-corrected chi connectivity index (χ1v) is 6.59. The molecule has 94 valence electrons. The molecule has 2 unspecified atom stereocenters. The van der Waals surface area contributed by atoms with E-state index in [1.807, 2.05) is 20.8 Å². The molecule has 0 aromatic heterocycles. The highest BCUT2D eigenvalue weighted by Gasteiger charge is 2.26. The normalized spacial score (nSPS) is 19.6. The Balaban J connectivity index is 2.28. The van der Waals surface area contributed by atoms with E-state index in [1.54, 1.807) is 0 Å². The second-order valence-electron chi connectivity index (χ2n) is 5.34. The minimum Gasteiger partial charge on any atom is -0.353 e. The van der Waals surface area contributed by atoms with Crippen LogP contribution in [0.2, 0.25) is 0 Å². The molecule has 3 nitrogen and oxygen atoms in total. The van der Waals surface area contributed by atoms with Crippen LogP contribution in [-0.4, -0.2) is 24.0 Å². The maximum absolute atomic E-state index is 11.7. The number of hydrogen-bond donors (Lipinski definition) is 2. The lowest BCUT2D eigenvalue weighted by atomic mass is 10.1. The van der Waals surface area contributed by atoms with Gasteiger partial charge in [0.15, 0.2) is 0 Å². The van der Waals surface area contributed by atoms with Crippen molar-refractivity contribution in [1.29, 1.82) is 0 Å². The van der Waals surface area contributed by atoms with Crippen molar-refractivity contribution >= 4 is 5.91 Å². The summed E-state index contributed by atoms with van der Waals surface area (Å²) in [6.45, 7) is 8.12. The van der Waals surface area contributed by atoms with Crippen LogP contribution in [0.25, 0.3) is 0 Å². The summed E-state index contributed by atoms with van der Waals surface area (Å²) < 4.78 is 0. The molecule has 0 aliphatic heterocycles. The molecule has 1 fully saturated rings. The minimum atomic E-state index is -0.0777. The molecule has 2 N–H and O–H groups in total. The maximum atomic E-state index is 11.7. The Bertz CT molecular complexity index is 224. The summed E-state index contributed by atoms with van der Waals surface area (Å²) in [7, 11) is 0. The number of carbonyl (C=O) groups is 1. The highest BCUT2D eigenvalue weighted by molar-refractivity contribution is 5.81.